The first-order chi connectivity index (χ1) is 11.7. The van der Waals surface area contributed by atoms with Gasteiger partial charge in [-0.3, -0.25) is 4.40 Å². The van der Waals surface area contributed by atoms with Gasteiger partial charge in [-0.1, -0.05) is 30.3 Å². The number of ether oxygens (including phenoxy) is 1. The molecule has 0 aliphatic heterocycles. The number of methoxy groups -OCH3 is 1. The smallest absolute Gasteiger partial charge is 0.239 e. The van der Waals surface area contributed by atoms with Crippen molar-refractivity contribution in [1.29, 1.82) is 0 Å². The molecule has 4 aromatic rings. The highest BCUT2D eigenvalue weighted by molar-refractivity contribution is 5.81. The minimum absolute atomic E-state index is 0.201. The minimum Gasteiger partial charge on any atom is -0.497 e. The summed E-state index contributed by atoms with van der Waals surface area (Å²) < 4.78 is 7.06. The van der Waals surface area contributed by atoms with E-state index in [0.717, 1.165) is 22.3 Å². The van der Waals surface area contributed by atoms with E-state index in [1.54, 1.807) is 7.11 Å². The molecule has 0 bridgehead atoms. The monoisotopic (exact) mass is 317 g/mol. The fourth-order valence-corrected chi connectivity index (χ4v) is 2.61. The Kier molecular flexibility index (Phi) is 3.35. The van der Waals surface area contributed by atoms with Crippen LogP contribution >= 0.6 is 0 Å². The molecule has 0 atom stereocenters. The highest BCUT2D eigenvalue weighted by Gasteiger charge is 2.09. The molecule has 2 aromatic heterocycles. The van der Waals surface area contributed by atoms with Crippen LogP contribution in [-0.4, -0.2) is 26.5 Å². The van der Waals surface area contributed by atoms with E-state index in [9.17, 15) is 0 Å². The molecule has 6 nitrogen and oxygen atoms in total. The number of hydrogen-bond donors (Lipinski definition) is 1. The number of fused-ring (bicyclic) bond motifs is 3. The van der Waals surface area contributed by atoms with E-state index in [2.05, 4.69) is 15.0 Å². The summed E-state index contributed by atoms with van der Waals surface area (Å²) >= 11 is 0. The van der Waals surface area contributed by atoms with E-state index in [4.69, 9.17) is 10.5 Å². The predicted molar refractivity (Wildman–Crippen MR) is 94.6 cm³/mol. The highest BCUT2D eigenvalue weighted by Crippen LogP contribution is 2.19. The summed E-state index contributed by atoms with van der Waals surface area (Å²) in [4.78, 5) is 13.1. The molecule has 2 N–H and O–H groups in total. The van der Waals surface area contributed by atoms with Gasteiger partial charge < -0.3 is 10.5 Å². The zero-order valence-electron chi connectivity index (χ0n) is 13.0. The third-order valence-electron chi connectivity index (χ3n) is 3.76. The van der Waals surface area contributed by atoms with Crippen LogP contribution in [0.1, 0.15) is 11.4 Å². The van der Waals surface area contributed by atoms with Crippen LogP contribution in [0.2, 0.25) is 0 Å². The Bertz CT molecular complexity index is 1050. The number of hydrogen-bond acceptors (Lipinski definition) is 5. The second kappa shape index (κ2) is 5.66. The highest BCUT2D eigenvalue weighted by atomic mass is 16.5. The Morgan fingerprint density at radius 1 is 0.958 bits per heavy atom. The van der Waals surface area contributed by atoms with Gasteiger partial charge in [-0.15, -0.1) is 0 Å². The number of aromatic nitrogens is 4. The van der Waals surface area contributed by atoms with Crippen molar-refractivity contribution >= 4 is 34.9 Å². The zero-order chi connectivity index (χ0) is 16.5. The molecule has 0 saturated heterocycles. The lowest BCUT2D eigenvalue weighted by atomic mass is 10.2. The summed E-state index contributed by atoms with van der Waals surface area (Å²) in [5.41, 5.74) is 8.66. The van der Waals surface area contributed by atoms with Crippen molar-refractivity contribution in [2.24, 2.45) is 0 Å². The number of benzene rings is 2. The number of anilines is 1. The molecule has 0 unspecified atom stereocenters. The van der Waals surface area contributed by atoms with Gasteiger partial charge in [-0.25, -0.2) is 4.98 Å². The SMILES string of the molecule is COc1ccc(/C=C/c2nc(N)nc3nc4ccccc4n23)cc1. The summed E-state index contributed by atoms with van der Waals surface area (Å²) in [5, 5.41) is 0. The molecule has 0 aliphatic rings. The molecule has 0 spiro atoms. The van der Waals surface area contributed by atoms with Crippen molar-refractivity contribution in [3.05, 3.63) is 59.9 Å². The molecule has 0 fully saturated rings. The van der Waals surface area contributed by atoms with Crippen molar-refractivity contribution in [2.45, 2.75) is 0 Å². The number of para-hydroxylation sites is 2. The maximum atomic E-state index is 5.83. The van der Waals surface area contributed by atoms with Gasteiger partial charge in [-0.05, 0) is 35.9 Å². The van der Waals surface area contributed by atoms with Crippen molar-refractivity contribution in [2.75, 3.05) is 12.8 Å². The third-order valence-corrected chi connectivity index (χ3v) is 3.76. The first-order valence-electron chi connectivity index (χ1n) is 7.47. The van der Waals surface area contributed by atoms with Gasteiger partial charge in [0.05, 0.1) is 18.1 Å². The van der Waals surface area contributed by atoms with Crippen molar-refractivity contribution in [1.82, 2.24) is 19.4 Å². The first kappa shape index (κ1) is 14.2. The molecule has 4 rings (SSSR count). The fraction of sp³-hybridized carbons (Fsp3) is 0.0556. The summed E-state index contributed by atoms with van der Waals surface area (Å²) in [5.74, 6) is 2.24. The molecule has 0 radical (unpaired) electrons. The molecule has 24 heavy (non-hydrogen) atoms. The Morgan fingerprint density at radius 3 is 2.54 bits per heavy atom. The average molecular weight is 317 g/mol. The van der Waals surface area contributed by atoms with Crippen LogP contribution in [0.15, 0.2) is 48.5 Å². The molecular formula is C18H15N5O. The van der Waals surface area contributed by atoms with Gasteiger partial charge in [-0.2, -0.15) is 9.97 Å². The fourth-order valence-electron chi connectivity index (χ4n) is 2.61. The van der Waals surface area contributed by atoms with Crippen molar-refractivity contribution in [3.8, 4) is 5.75 Å². The van der Waals surface area contributed by atoms with Gasteiger partial charge in [0, 0.05) is 0 Å². The summed E-state index contributed by atoms with van der Waals surface area (Å²) in [6.07, 6.45) is 3.87. The molecule has 2 aromatic carbocycles. The second-order valence-electron chi connectivity index (χ2n) is 5.28. The minimum atomic E-state index is 0.201. The number of nitrogens with two attached hydrogens (primary N) is 1. The quantitative estimate of drug-likeness (QED) is 0.628. The van der Waals surface area contributed by atoms with Crippen LogP contribution in [0.4, 0.5) is 5.95 Å². The van der Waals surface area contributed by atoms with Gasteiger partial charge in [0.15, 0.2) is 0 Å². The van der Waals surface area contributed by atoms with E-state index in [0.29, 0.717) is 11.6 Å². The normalized spacial score (nSPS) is 11.5. The number of rotatable bonds is 3. The molecule has 0 aliphatic carbocycles. The Labute approximate surface area is 138 Å². The summed E-state index contributed by atoms with van der Waals surface area (Å²) in [6.45, 7) is 0. The number of imidazole rings is 1. The lowest BCUT2D eigenvalue weighted by molar-refractivity contribution is 0.415. The number of nitrogens with zero attached hydrogens (tertiary/aromatic N) is 4. The van der Waals surface area contributed by atoms with E-state index >= 15 is 0 Å². The first-order valence-corrected chi connectivity index (χ1v) is 7.47. The van der Waals surface area contributed by atoms with Crippen LogP contribution < -0.4 is 10.5 Å². The maximum absolute atomic E-state index is 5.83. The summed E-state index contributed by atoms with van der Waals surface area (Å²) in [7, 11) is 1.65. The molecular weight excluding hydrogens is 302 g/mol. The van der Waals surface area contributed by atoms with Crippen LogP contribution in [0, 0.1) is 0 Å². The van der Waals surface area contributed by atoms with E-state index in [1.807, 2.05) is 65.1 Å². The molecule has 2 heterocycles. The standard InChI is InChI=1S/C18H15N5O/c1-24-13-9-6-12(7-10-13)8-11-16-21-17(19)22-18-20-14-4-2-3-5-15(14)23(16)18/h2-11H,1H3,(H2,19,20,22)/b11-8+. The molecule has 6 heteroatoms. The van der Waals surface area contributed by atoms with E-state index < -0.39 is 0 Å². The topological polar surface area (TPSA) is 78.3 Å². The van der Waals surface area contributed by atoms with Crippen LogP contribution in [0.3, 0.4) is 0 Å². The van der Waals surface area contributed by atoms with Crippen LogP contribution in [0.5, 0.6) is 5.75 Å². The Balaban J connectivity index is 1.84. The molecule has 0 amide bonds. The van der Waals surface area contributed by atoms with Gasteiger partial charge >= 0.3 is 0 Å². The van der Waals surface area contributed by atoms with Crippen LogP contribution in [0.25, 0.3) is 29.0 Å². The van der Waals surface area contributed by atoms with E-state index in [1.165, 1.54) is 0 Å². The predicted octanol–water partition coefficient (Wildman–Crippen LogP) is 3.04. The second-order valence-corrected chi connectivity index (χ2v) is 5.28. The average Bonchev–Trinajstić information content (AvgIpc) is 2.98. The molecule has 118 valence electrons. The largest absolute Gasteiger partial charge is 0.497 e. The third kappa shape index (κ3) is 2.44. The maximum Gasteiger partial charge on any atom is 0.239 e. The Hall–Kier alpha value is -3.41. The lowest BCUT2D eigenvalue weighted by Gasteiger charge is -2.02. The summed E-state index contributed by atoms with van der Waals surface area (Å²) in [6, 6.07) is 15.6. The number of nitrogen functional groups attached to an aromatic ring is 1. The van der Waals surface area contributed by atoms with Crippen molar-refractivity contribution in [3.63, 3.8) is 0 Å². The van der Waals surface area contributed by atoms with E-state index in [-0.39, 0.29) is 5.95 Å². The van der Waals surface area contributed by atoms with Gasteiger partial charge in [0.25, 0.3) is 0 Å². The van der Waals surface area contributed by atoms with Crippen LogP contribution in [-0.2, 0) is 0 Å². The van der Waals surface area contributed by atoms with Crippen molar-refractivity contribution < 1.29 is 4.74 Å². The zero-order valence-corrected chi connectivity index (χ0v) is 13.0. The Morgan fingerprint density at radius 2 is 1.75 bits per heavy atom. The van der Waals surface area contributed by atoms with Gasteiger partial charge in [0.2, 0.25) is 11.7 Å². The lowest BCUT2D eigenvalue weighted by Crippen LogP contribution is -2.03. The molecule has 0 saturated carbocycles. The van der Waals surface area contributed by atoms with Gasteiger partial charge in [0.1, 0.15) is 11.6 Å².